The molecule has 64 valence electrons. The zero-order chi connectivity index (χ0) is 8.69. The second-order valence-electron chi connectivity index (χ2n) is 2.58. The third-order valence-corrected chi connectivity index (χ3v) is 1.57. The van der Waals surface area contributed by atoms with Gasteiger partial charge >= 0.3 is 0 Å². The number of likely N-dealkylation sites (N-methyl/N-ethyl adjacent to an activating group) is 1. The third kappa shape index (κ3) is 4.53. The summed E-state index contributed by atoms with van der Waals surface area (Å²) in [6, 6.07) is 0. The number of amides is 1. The first kappa shape index (κ1) is 10.1. The monoisotopic (exact) mass is 157 g/mol. The van der Waals surface area contributed by atoms with Crippen LogP contribution in [0.3, 0.4) is 0 Å². The quantitative estimate of drug-likeness (QED) is 0.337. The van der Waals surface area contributed by atoms with Gasteiger partial charge in [-0.1, -0.05) is 19.8 Å². The molecule has 0 aromatic carbocycles. The molecule has 0 heterocycles. The van der Waals surface area contributed by atoms with Gasteiger partial charge in [0.2, 0.25) is 6.29 Å². The molecule has 0 atom stereocenters. The van der Waals surface area contributed by atoms with Crippen LogP contribution in [0.4, 0.5) is 0 Å². The fraction of sp³-hybridized carbons (Fsp3) is 0.750. The van der Waals surface area contributed by atoms with E-state index in [1.54, 1.807) is 7.05 Å². The fourth-order valence-corrected chi connectivity index (χ4v) is 0.799. The van der Waals surface area contributed by atoms with Gasteiger partial charge in [-0.2, -0.15) is 0 Å². The molecule has 1 amide bonds. The summed E-state index contributed by atoms with van der Waals surface area (Å²) >= 11 is 0. The average molecular weight is 157 g/mol. The average Bonchev–Trinajstić information content (AvgIpc) is 2.03. The van der Waals surface area contributed by atoms with E-state index in [9.17, 15) is 9.59 Å². The molecule has 0 aromatic rings. The fourth-order valence-electron chi connectivity index (χ4n) is 0.799. The third-order valence-electron chi connectivity index (χ3n) is 1.57. The molecular weight excluding hydrogens is 142 g/mol. The van der Waals surface area contributed by atoms with E-state index in [1.807, 2.05) is 0 Å². The number of hydrogen-bond acceptors (Lipinski definition) is 2. The SMILES string of the molecule is CCCCCN(C)C(=O)C=O. The molecule has 0 rings (SSSR count). The van der Waals surface area contributed by atoms with Crippen LogP contribution < -0.4 is 0 Å². The molecule has 0 unspecified atom stereocenters. The first-order valence-corrected chi connectivity index (χ1v) is 3.92. The van der Waals surface area contributed by atoms with Crippen LogP contribution in [0.2, 0.25) is 0 Å². The van der Waals surface area contributed by atoms with Gasteiger partial charge in [-0.3, -0.25) is 9.59 Å². The van der Waals surface area contributed by atoms with Gasteiger partial charge in [0, 0.05) is 13.6 Å². The van der Waals surface area contributed by atoms with Crippen molar-refractivity contribution in [1.82, 2.24) is 4.90 Å². The van der Waals surface area contributed by atoms with Crippen molar-refractivity contribution in [1.29, 1.82) is 0 Å². The van der Waals surface area contributed by atoms with E-state index >= 15 is 0 Å². The first-order valence-electron chi connectivity index (χ1n) is 3.92. The molecule has 0 aliphatic rings. The lowest BCUT2D eigenvalue weighted by Gasteiger charge is -2.12. The summed E-state index contributed by atoms with van der Waals surface area (Å²) in [4.78, 5) is 22.1. The minimum absolute atomic E-state index is 0.353. The Morgan fingerprint density at radius 3 is 2.55 bits per heavy atom. The van der Waals surface area contributed by atoms with Crippen LogP contribution in [-0.2, 0) is 9.59 Å². The van der Waals surface area contributed by atoms with Gasteiger partial charge in [-0.15, -0.1) is 0 Å². The smallest absolute Gasteiger partial charge is 0.286 e. The van der Waals surface area contributed by atoms with E-state index in [-0.39, 0.29) is 0 Å². The van der Waals surface area contributed by atoms with Gasteiger partial charge in [0.25, 0.3) is 5.91 Å². The summed E-state index contributed by atoms with van der Waals surface area (Å²) in [6.07, 6.45) is 3.57. The molecule has 0 aromatic heterocycles. The topological polar surface area (TPSA) is 37.4 Å². The molecule has 0 spiro atoms. The summed E-state index contributed by atoms with van der Waals surface area (Å²) in [5, 5.41) is 0. The van der Waals surface area contributed by atoms with Gasteiger partial charge < -0.3 is 4.90 Å². The van der Waals surface area contributed by atoms with Crippen molar-refractivity contribution in [3.63, 3.8) is 0 Å². The van der Waals surface area contributed by atoms with Crippen molar-refractivity contribution in [3.8, 4) is 0 Å². The Kier molecular flexibility index (Phi) is 5.43. The molecule has 3 nitrogen and oxygen atoms in total. The van der Waals surface area contributed by atoms with Gasteiger partial charge in [-0.05, 0) is 6.42 Å². The second-order valence-corrected chi connectivity index (χ2v) is 2.58. The van der Waals surface area contributed by atoms with E-state index < -0.39 is 5.91 Å². The number of aldehydes is 1. The van der Waals surface area contributed by atoms with E-state index in [4.69, 9.17) is 0 Å². The van der Waals surface area contributed by atoms with Crippen LogP contribution in [0.15, 0.2) is 0 Å². The van der Waals surface area contributed by atoms with E-state index in [2.05, 4.69) is 6.92 Å². The van der Waals surface area contributed by atoms with E-state index in [0.29, 0.717) is 12.8 Å². The molecular formula is C8H15NO2. The maximum absolute atomic E-state index is 10.7. The first-order chi connectivity index (χ1) is 5.22. The molecule has 0 fully saturated rings. The molecule has 0 saturated carbocycles. The number of unbranched alkanes of at least 4 members (excludes halogenated alkanes) is 2. The maximum Gasteiger partial charge on any atom is 0.286 e. The van der Waals surface area contributed by atoms with Crippen LogP contribution >= 0.6 is 0 Å². The standard InChI is InChI=1S/C8H15NO2/c1-3-4-5-6-9(2)8(11)7-10/h7H,3-6H2,1-2H3. The van der Waals surface area contributed by atoms with Gasteiger partial charge in [0.1, 0.15) is 0 Å². The summed E-state index contributed by atoms with van der Waals surface area (Å²) in [7, 11) is 1.65. The van der Waals surface area contributed by atoms with Crippen molar-refractivity contribution in [3.05, 3.63) is 0 Å². The Balaban J connectivity index is 3.43. The lowest BCUT2D eigenvalue weighted by atomic mass is 10.2. The van der Waals surface area contributed by atoms with Crippen molar-refractivity contribution < 1.29 is 9.59 Å². The van der Waals surface area contributed by atoms with Crippen LogP contribution in [0, 0.1) is 0 Å². The van der Waals surface area contributed by atoms with Crippen LogP contribution in [0.1, 0.15) is 26.2 Å². The van der Waals surface area contributed by atoms with Gasteiger partial charge in [0.15, 0.2) is 0 Å². The molecule has 11 heavy (non-hydrogen) atoms. The number of carbonyl (C=O) groups is 2. The van der Waals surface area contributed by atoms with Crippen LogP contribution in [-0.4, -0.2) is 30.7 Å². The second kappa shape index (κ2) is 5.89. The summed E-state index contributed by atoms with van der Waals surface area (Å²) < 4.78 is 0. The minimum atomic E-state index is -0.430. The Labute approximate surface area is 67.4 Å². The highest BCUT2D eigenvalue weighted by molar-refractivity contribution is 6.23. The van der Waals surface area contributed by atoms with Crippen LogP contribution in [0.25, 0.3) is 0 Å². The highest BCUT2D eigenvalue weighted by Gasteiger charge is 2.04. The minimum Gasteiger partial charge on any atom is -0.339 e. The Bertz CT molecular complexity index is 134. The number of nitrogens with zero attached hydrogens (tertiary/aromatic N) is 1. The zero-order valence-electron chi connectivity index (χ0n) is 7.17. The number of rotatable bonds is 5. The Morgan fingerprint density at radius 2 is 2.09 bits per heavy atom. The van der Waals surface area contributed by atoms with E-state index in [0.717, 1.165) is 19.3 Å². The molecule has 3 heteroatoms. The molecule has 0 radical (unpaired) electrons. The van der Waals surface area contributed by atoms with Crippen LogP contribution in [0.5, 0.6) is 0 Å². The maximum atomic E-state index is 10.7. The lowest BCUT2D eigenvalue weighted by molar-refractivity contribution is -0.137. The predicted octanol–water partition coefficient (Wildman–Crippen LogP) is 0.834. The molecule has 0 aliphatic carbocycles. The van der Waals surface area contributed by atoms with Crippen molar-refractivity contribution in [2.24, 2.45) is 0 Å². The summed E-state index contributed by atoms with van der Waals surface area (Å²) in [5.74, 6) is -0.430. The highest BCUT2D eigenvalue weighted by atomic mass is 16.2. The van der Waals surface area contributed by atoms with Crippen molar-refractivity contribution in [2.45, 2.75) is 26.2 Å². The van der Waals surface area contributed by atoms with Gasteiger partial charge in [-0.25, -0.2) is 0 Å². The molecule has 0 N–H and O–H groups in total. The number of hydrogen-bond donors (Lipinski definition) is 0. The largest absolute Gasteiger partial charge is 0.339 e. The Morgan fingerprint density at radius 1 is 1.45 bits per heavy atom. The van der Waals surface area contributed by atoms with Gasteiger partial charge in [0.05, 0.1) is 0 Å². The summed E-state index contributed by atoms with van der Waals surface area (Å²) in [5.41, 5.74) is 0. The van der Waals surface area contributed by atoms with E-state index in [1.165, 1.54) is 4.90 Å². The highest BCUT2D eigenvalue weighted by Crippen LogP contribution is 1.95. The Hall–Kier alpha value is -0.860. The normalized spacial score (nSPS) is 9.27. The van der Waals surface area contributed by atoms with Crippen molar-refractivity contribution >= 4 is 12.2 Å². The molecule has 0 aliphatic heterocycles. The molecule has 0 bridgehead atoms. The predicted molar refractivity (Wildman–Crippen MR) is 43.2 cm³/mol. The number of carbonyl (C=O) groups excluding carboxylic acids is 2. The summed E-state index contributed by atoms with van der Waals surface area (Å²) in [6.45, 7) is 2.78. The molecule has 0 saturated heterocycles. The zero-order valence-corrected chi connectivity index (χ0v) is 7.17. The van der Waals surface area contributed by atoms with Crippen molar-refractivity contribution in [2.75, 3.05) is 13.6 Å². The lowest BCUT2D eigenvalue weighted by Crippen LogP contribution is -2.28.